The second-order valence-electron chi connectivity index (χ2n) is 7.44. The van der Waals surface area contributed by atoms with Gasteiger partial charge in [-0.1, -0.05) is 6.07 Å². The van der Waals surface area contributed by atoms with Crippen LogP contribution in [0.3, 0.4) is 0 Å². The summed E-state index contributed by atoms with van der Waals surface area (Å²) in [6, 6.07) is 5.95. The molecular weight excluding hydrogens is 398 g/mol. The predicted octanol–water partition coefficient (Wildman–Crippen LogP) is 2.69. The van der Waals surface area contributed by atoms with E-state index >= 15 is 0 Å². The highest BCUT2D eigenvalue weighted by molar-refractivity contribution is 7.09. The summed E-state index contributed by atoms with van der Waals surface area (Å²) in [5.74, 6) is 0.810. The van der Waals surface area contributed by atoms with Gasteiger partial charge in [0.2, 0.25) is 0 Å². The lowest BCUT2D eigenvalue weighted by molar-refractivity contribution is 0.0950. The van der Waals surface area contributed by atoms with Gasteiger partial charge in [-0.25, -0.2) is 0 Å². The Hall–Kier alpha value is -3.33. The average Bonchev–Trinajstić information content (AvgIpc) is 3.45. The van der Waals surface area contributed by atoms with Crippen LogP contribution in [0.25, 0.3) is 5.65 Å². The summed E-state index contributed by atoms with van der Waals surface area (Å²) >= 11 is 1.63. The van der Waals surface area contributed by atoms with Gasteiger partial charge in [0.15, 0.2) is 11.5 Å². The lowest BCUT2D eigenvalue weighted by atomic mass is 10.0. The number of nitrogens with one attached hydrogen (secondary N) is 1. The fraction of sp³-hybridized carbons (Fsp3) is 0.286. The Morgan fingerprint density at radius 2 is 2.20 bits per heavy atom. The number of carbonyl (C=O) groups is 1. The van der Waals surface area contributed by atoms with Crippen LogP contribution < -0.4 is 10.2 Å². The van der Waals surface area contributed by atoms with Gasteiger partial charge >= 0.3 is 0 Å². The summed E-state index contributed by atoms with van der Waals surface area (Å²) in [7, 11) is 0. The van der Waals surface area contributed by atoms with Crippen LogP contribution in [0.5, 0.6) is 0 Å². The number of hydrogen-bond donors (Lipinski definition) is 1. The molecule has 0 spiro atoms. The summed E-state index contributed by atoms with van der Waals surface area (Å²) in [4.78, 5) is 20.5. The lowest BCUT2D eigenvalue weighted by Gasteiger charge is -2.30. The van der Waals surface area contributed by atoms with E-state index < -0.39 is 0 Å². The Morgan fingerprint density at radius 3 is 3.03 bits per heavy atom. The molecule has 0 saturated carbocycles. The number of fused-ring (bicyclic) bond motifs is 2. The number of pyridine rings is 1. The molecule has 0 aromatic carbocycles. The van der Waals surface area contributed by atoms with Gasteiger partial charge in [-0.2, -0.15) is 4.52 Å². The maximum absolute atomic E-state index is 12.6. The third-order valence-electron chi connectivity index (χ3n) is 5.57. The lowest BCUT2D eigenvalue weighted by Crippen LogP contribution is -2.33. The quantitative estimate of drug-likeness (QED) is 0.547. The number of thiophene rings is 1. The summed E-state index contributed by atoms with van der Waals surface area (Å²) < 4.78 is 1.72. The van der Waals surface area contributed by atoms with E-state index in [1.807, 2.05) is 30.5 Å². The van der Waals surface area contributed by atoms with Crippen molar-refractivity contribution in [2.24, 2.45) is 0 Å². The zero-order valence-electron chi connectivity index (χ0n) is 16.8. The molecule has 1 N–H and O–H groups in total. The topological polar surface area (TPSA) is 88.3 Å². The minimum Gasteiger partial charge on any atom is -0.350 e. The van der Waals surface area contributed by atoms with Crippen LogP contribution >= 0.6 is 11.3 Å². The van der Waals surface area contributed by atoms with Crippen LogP contribution in [0.1, 0.15) is 37.6 Å². The molecule has 1 aliphatic rings. The van der Waals surface area contributed by atoms with Gasteiger partial charge in [0.1, 0.15) is 6.33 Å². The highest BCUT2D eigenvalue weighted by atomic mass is 32.1. The number of hydrogen-bond acceptors (Lipinski definition) is 7. The molecule has 1 amide bonds. The molecule has 0 atom stereocenters. The molecule has 0 radical (unpaired) electrons. The summed E-state index contributed by atoms with van der Waals surface area (Å²) in [6.07, 6.45) is 4.11. The minimum absolute atomic E-state index is 0.105. The molecule has 8 nitrogen and oxygen atoms in total. The summed E-state index contributed by atoms with van der Waals surface area (Å²) in [6.45, 7) is 6.12. The average molecular weight is 420 g/mol. The van der Waals surface area contributed by atoms with Crippen LogP contribution in [-0.2, 0) is 19.5 Å². The van der Waals surface area contributed by atoms with Crippen LogP contribution in [0.15, 0.2) is 36.1 Å². The van der Waals surface area contributed by atoms with Gasteiger partial charge in [-0.3, -0.25) is 9.78 Å². The normalized spacial score (nSPS) is 13.5. The van der Waals surface area contributed by atoms with Crippen molar-refractivity contribution >= 4 is 28.7 Å². The monoisotopic (exact) mass is 419 g/mol. The molecule has 9 heteroatoms. The number of carbonyl (C=O) groups excluding carboxylic acids is 1. The van der Waals surface area contributed by atoms with Crippen molar-refractivity contribution in [3.63, 3.8) is 0 Å². The second kappa shape index (κ2) is 7.49. The Balaban J connectivity index is 1.39. The molecular formula is C21H21N7OS. The molecule has 0 unspecified atom stereocenters. The Labute approximate surface area is 177 Å². The van der Waals surface area contributed by atoms with Crippen LogP contribution in [0.4, 0.5) is 5.82 Å². The van der Waals surface area contributed by atoms with Crippen molar-refractivity contribution in [2.45, 2.75) is 33.4 Å². The SMILES string of the molecule is Cc1c(N2CCc3ncc(C(=O)NCc4cccs4)cc3C2)nn2cnnc2c1C. The first-order chi connectivity index (χ1) is 14.6. The maximum Gasteiger partial charge on any atom is 0.253 e. The second-order valence-corrected chi connectivity index (χ2v) is 8.47. The van der Waals surface area contributed by atoms with Crippen molar-refractivity contribution in [1.82, 2.24) is 30.1 Å². The molecule has 4 aromatic heterocycles. The number of amides is 1. The molecule has 4 aromatic rings. The maximum atomic E-state index is 12.6. The fourth-order valence-corrected chi connectivity index (χ4v) is 4.42. The summed E-state index contributed by atoms with van der Waals surface area (Å²) in [5.41, 5.74) is 5.63. The van der Waals surface area contributed by atoms with Gasteiger partial charge in [-0.15, -0.1) is 26.6 Å². The van der Waals surface area contributed by atoms with E-state index in [1.165, 1.54) is 0 Å². The third-order valence-corrected chi connectivity index (χ3v) is 6.45. The van der Waals surface area contributed by atoms with Gasteiger partial charge in [0, 0.05) is 47.4 Å². The van der Waals surface area contributed by atoms with Crippen molar-refractivity contribution in [3.05, 3.63) is 68.9 Å². The van der Waals surface area contributed by atoms with Gasteiger partial charge < -0.3 is 10.2 Å². The third kappa shape index (κ3) is 3.30. The van der Waals surface area contributed by atoms with Crippen molar-refractivity contribution in [2.75, 3.05) is 11.4 Å². The van der Waals surface area contributed by atoms with E-state index in [9.17, 15) is 4.79 Å². The molecule has 152 valence electrons. The molecule has 5 heterocycles. The first-order valence-electron chi connectivity index (χ1n) is 9.80. The Kier molecular flexibility index (Phi) is 4.66. The van der Waals surface area contributed by atoms with E-state index in [0.717, 1.165) is 51.7 Å². The van der Waals surface area contributed by atoms with Crippen molar-refractivity contribution < 1.29 is 4.79 Å². The largest absolute Gasteiger partial charge is 0.350 e. The van der Waals surface area contributed by atoms with Gasteiger partial charge in [0.05, 0.1) is 12.1 Å². The van der Waals surface area contributed by atoms with Crippen molar-refractivity contribution in [3.8, 4) is 0 Å². The van der Waals surface area contributed by atoms with Crippen LogP contribution in [-0.4, -0.2) is 37.2 Å². The predicted molar refractivity (Wildman–Crippen MR) is 115 cm³/mol. The number of nitrogens with zero attached hydrogens (tertiary/aromatic N) is 6. The standard InChI is InChI=1S/C21H21N7OS/c1-13-14(2)20(26-28-12-24-25-19(13)28)27-6-5-18-16(11-27)8-15(9-22-18)21(29)23-10-17-4-3-7-30-17/h3-4,7-9,12H,5-6,10-11H2,1-2H3,(H,23,29). The Morgan fingerprint density at radius 1 is 1.30 bits per heavy atom. The zero-order valence-corrected chi connectivity index (χ0v) is 17.6. The Bertz CT molecular complexity index is 1230. The highest BCUT2D eigenvalue weighted by Gasteiger charge is 2.23. The molecule has 1 aliphatic heterocycles. The minimum atomic E-state index is -0.105. The number of rotatable bonds is 4. The molecule has 0 fully saturated rings. The first-order valence-corrected chi connectivity index (χ1v) is 10.7. The number of aromatic nitrogens is 5. The molecule has 5 rings (SSSR count). The number of anilines is 1. The molecule has 0 aliphatic carbocycles. The van der Waals surface area contributed by atoms with Gasteiger partial charge in [-0.05, 0) is 36.9 Å². The van der Waals surface area contributed by atoms with E-state index in [4.69, 9.17) is 5.10 Å². The van der Waals surface area contributed by atoms with Gasteiger partial charge in [0.25, 0.3) is 5.91 Å². The van der Waals surface area contributed by atoms with E-state index in [-0.39, 0.29) is 5.91 Å². The summed E-state index contributed by atoms with van der Waals surface area (Å²) in [5, 5.41) is 17.8. The van der Waals surface area contributed by atoms with Crippen LogP contribution in [0, 0.1) is 13.8 Å². The van der Waals surface area contributed by atoms with E-state index in [2.05, 4.69) is 32.3 Å². The highest BCUT2D eigenvalue weighted by Crippen LogP contribution is 2.27. The van der Waals surface area contributed by atoms with E-state index in [0.29, 0.717) is 18.7 Å². The number of aryl methyl sites for hydroxylation is 1. The van der Waals surface area contributed by atoms with Crippen molar-refractivity contribution in [1.29, 1.82) is 0 Å². The first kappa shape index (κ1) is 18.7. The van der Waals surface area contributed by atoms with E-state index in [1.54, 1.807) is 28.4 Å². The van der Waals surface area contributed by atoms with Crippen LogP contribution in [0.2, 0.25) is 0 Å². The fourth-order valence-electron chi connectivity index (χ4n) is 3.78. The molecule has 30 heavy (non-hydrogen) atoms. The zero-order chi connectivity index (χ0) is 20.7. The smallest absolute Gasteiger partial charge is 0.253 e. The molecule has 0 saturated heterocycles. The molecule has 0 bridgehead atoms.